The summed E-state index contributed by atoms with van der Waals surface area (Å²) in [5.41, 5.74) is 1.46. The minimum atomic E-state index is -0.0644. The molecule has 0 aromatic carbocycles. The highest BCUT2D eigenvalue weighted by molar-refractivity contribution is 5.99. The van der Waals surface area contributed by atoms with Crippen LogP contribution in [0.25, 0.3) is 0 Å². The first-order valence-corrected chi connectivity index (χ1v) is 6.76. The molecule has 0 aliphatic heterocycles. The molecule has 0 fully saturated rings. The SMILES string of the molecule is CCCNc1ccncc1C(=O)NCCCN(C)C. The van der Waals surface area contributed by atoms with Gasteiger partial charge in [-0.3, -0.25) is 9.78 Å². The highest BCUT2D eigenvalue weighted by Gasteiger charge is 2.10. The maximum Gasteiger partial charge on any atom is 0.254 e. The van der Waals surface area contributed by atoms with Crippen LogP contribution in [0.2, 0.25) is 0 Å². The van der Waals surface area contributed by atoms with Crippen molar-refractivity contribution in [3.63, 3.8) is 0 Å². The average Bonchev–Trinajstić information content (AvgIpc) is 2.41. The van der Waals surface area contributed by atoms with Gasteiger partial charge in [-0.15, -0.1) is 0 Å². The first kappa shape index (κ1) is 15.4. The van der Waals surface area contributed by atoms with Gasteiger partial charge in [0.1, 0.15) is 0 Å². The third-order valence-corrected chi connectivity index (χ3v) is 2.70. The van der Waals surface area contributed by atoms with Crippen molar-refractivity contribution in [1.82, 2.24) is 15.2 Å². The van der Waals surface area contributed by atoms with Gasteiger partial charge >= 0.3 is 0 Å². The van der Waals surface area contributed by atoms with Gasteiger partial charge in [-0.25, -0.2) is 0 Å². The summed E-state index contributed by atoms with van der Waals surface area (Å²) in [6, 6.07) is 1.84. The monoisotopic (exact) mass is 264 g/mol. The normalized spacial score (nSPS) is 10.5. The van der Waals surface area contributed by atoms with Gasteiger partial charge in [-0.1, -0.05) is 6.92 Å². The Morgan fingerprint density at radius 3 is 2.84 bits per heavy atom. The van der Waals surface area contributed by atoms with Crippen molar-refractivity contribution in [2.75, 3.05) is 39.0 Å². The van der Waals surface area contributed by atoms with Crippen molar-refractivity contribution in [1.29, 1.82) is 0 Å². The zero-order chi connectivity index (χ0) is 14.1. The summed E-state index contributed by atoms with van der Waals surface area (Å²) in [6.45, 7) is 4.59. The van der Waals surface area contributed by atoms with Crippen LogP contribution in [-0.4, -0.2) is 49.5 Å². The molecule has 0 atom stereocenters. The molecule has 0 unspecified atom stereocenters. The predicted molar refractivity (Wildman–Crippen MR) is 78.5 cm³/mol. The van der Waals surface area contributed by atoms with Crippen molar-refractivity contribution in [2.45, 2.75) is 19.8 Å². The highest BCUT2D eigenvalue weighted by atomic mass is 16.1. The molecule has 1 heterocycles. The molecule has 19 heavy (non-hydrogen) atoms. The minimum Gasteiger partial charge on any atom is -0.384 e. The zero-order valence-corrected chi connectivity index (χ0v) is 12.1. The first-order valence-electron chi connectivity index (χ1n) is 6.76. The second-order valence-corrected chi connectivity index (χ2v) is 4.76. The van der Waals surface area contributed by atoms with Crippen molar-refractivity contribution < 1.29 is 4.79 Å². The Morgan fingerprint density at radius 2 is 2.16 bits per heavy atom. The Hall–Kier alpha value is -1.62. The predicted octanol–water partition coefficient (Wildman–Crippen LogP) is 1.58. The van der Waals surface area contributed by atoms with E-state index in [0.717, 1.165) is 31.6 Å². The van der Waals surface area contributed by atoms with Gasteiger partial charge in [0, 0.05) is 25.5 Å². The Balaban J connectivity index is 2.51. The molecule has 0 bridgehead atoms. The Labute approximate surface area is 115 Å². The molecular weight excluding hydrogens is 240 g/mol. The lowest BCUT2D eigenvalue weighted by atomic mass is 10.2. The number of hydrogen-bond donors (Lipinski definition) is 2. The van der Waals surface area contributed by atoms with Crippen LogP contribution in [0.1, 0.15) is 30.1 Å². The molecule has 5 nitrogen and oxygen atoms in total. The lowest BCUT2D eigenvalue weighted by Gasteiger charge is -2.12. The van der Waals surface area contributed by atoms with Crippen LogP contribution in [-0.2, 0) is 0 Å². The second-order valence-electron chi connectivity index (χ2n) is 4.76. The lowest BCUT2D eigenvalue weighted by molar-refractivity contribution is 0.0952. The number of carbonyl (C=O) groups is 1. The van der Waals surface area contributed by atoms with Gasteiger partial charge in [0.2, 0.25) is 0 Å². The molecule has 0 saturated heterocycles. The van der Waals surface area contributed by atoms with Gasteiger partial charge in [-0.2, -0.15) is 0 Å². The fourth-order valence-electron chi connectivity index (χ4n) is 1.68. The van der Waals surface area contributed by atoms with E-state index in [9.17, 15) is 4.79 Å². The minimum absolute atomic E-state index is 0.0644. The summed E-state index contributed by atoms with van der Waals surface area (Å²) < 4.78 is 0. The molecular formula is C14H24N4O. The van der Waals surface area contributed by atoms with Crippen LogP contribution in [0.4, 0.5) is 5.69 Å². The smallest absolute Gasteiger partial charge is 0.254 e. The zero-order valence-electron chi connectivity index (χ0n) is 12.1. The Morgan fingerprint density at radius 1 is 1.37 bits per heavy atom. The van der Waals surface area contributed by atoms with Crippen molar-refractivity contribution >= 4 is 11.6 Å². The molecule has 0 saturated carbocycles. The van der Waals surface area contributed by atoms with Gasteiger partial charge in [0.05, 0.1) is 11.3 Å². The van der Waals surface area contributed by atoms with Crippen LogP contribution >= 0.6 is 0 Å². The third-order valence-electron chi connectivity index (χ3n) is 2.70. The number of nitrogens with zero attached hydrogens (tertiary/aromatic N) is 2. The number of hydrogen-bond acceptors (Lipinski definition) is 4. The van der Waals surface area contributed by atoms with E-state index in [4.69, 9.17) is 0 Å². The van der Waals surface area contributed by atoms with E-state index in [1.807, 2.05) is 20.2 Å². The highest BCUT2D eigenvalue weighted by Crippen LogP contribution is 2.13. The summed E-state index contributed by atoms with van der Waals surface area (Å²) in [5, 5.41) is 6.17. The van der Waals surface area contributed by atoms with E-state index < -0.39 is 0 Å². The lowest BCUT2D eigenvalue weighted by Crippen LogP contribution is -2.28. The number of carbonyl (C=O) groups excluding carboxylic acids is 1. The number of aromatic nitrogens is 1. The van der Waals surface area contributed by atoms with Crippen LogP contribution in [0.15, 0.2) is 18.5 Å². The van der Waals surface area contributed by atoms with E-state index in [2.05, 4.69) is 27.4 Å². The molecule has 0 radical (unpaired) electrons. The van der Waals surface area contributed by atoms with Crippen molar-refractivity contribution in [3.8, 4) is 0 Å². The third kappa shape index (κ3) is 5.70. The maximum atomic E-state index is 12.1. The standard InChI is InChI=1S/C14H24N4O/c1-4-7-16-13-6-9-15-11-12(13)14(19)17-8-5-10-18(2)3/h6,9,11H,4-5,7-8,10H2,1-3H3,(H,15,16)(H,17,19). The Kier molecular flexibility index (Phi) is 6.89. The van der Waals surface area contributed by atoms with E-state index in [1.165, 1.54) is 0 Å². The van der Waals surface area contributed by atoms with E-state index >= 15 is 0 Å². The van der Waals surface area contributed by atoms with Crippen molar-refractivity contribution in [2.24, 2.45) is 0 Å². The van der Waals surface area contributed by atoms with Gasteiger partial charge in [-0.05, 0) is 39.5 Å². The fraction of sp³-hybridized carbons (Fsp3) is 0.571. The second kappa shape index (κ2) is 8.48. The van der Waals surface area contributed by atoms with Crippen LogP contribution < -0.4 is 10.6 Å². The largest absolute Gasteiger partial charge is 0.384 e. The van der Waals surface area contributed by atoms with E-state index in [1.54, 1.807) is 12.4 Å². The number of rotatable bonds is 8. The van der Waals surface area contributed by atoms with E-state index in [-0.39, 0.29) is 5.91 Å². The summed E-state index contributed by atoms with van der Waals surface area (Å²) in [7, 11) is 4.05. The number of amides is 1. The molecule has 1 rings (SSSR count). The summed E-state index contributed by atoms with van der Waals surface area (Å²) in [6.07, 6.45) is 5.27. The van der Waals surface area contributed by atoms with Gasteiger partial charge in [0.25, 0.3) is 5.91 Å². The quantitative estimate of drug-likeness (QED) is 0.700. The maximum absolute atomic E-state index is 12.1. The Bertz CT molecular complexity index is 393. The summed E-state index contributed by atoms with van der Waals surface area (Å²) >= 11 is 0. The van der Waals surface area contributed by atoms with Gasteiger partial charge < -0.3 is 15.5 Å². The van der Waals surface area contributed by atoms with Gasteiger partial charge in [0.15, 0.2) is 0 Å². The molecule has 2 N–H and O–H groups in total. The molecule has 1 aromatic rings. The summed E-state index contributed by atoms with van der Waals surface area (Å²) in [4.78, 5) is 18.2. The molecule has 106 valence electrons. The average molecular weight is 264 g/mol. The number of pyridine rings is 1. The molecule has 1 aromatic heterocycles. The number of anilines is 1. The number of nitrogens with one attached hydrogen (secondary N) is 2. The molecule has 0 spiro atoms. The van der Waals surface area contributed by atoms with Crippen LogP contribution in [0.3, 0.4) is 0 Å². The fourth-order valence-corrected chi connectivity index (χ4v) is 1.68. The molecule has 0 aliphatic carbocycles. The molecule has 0 aliphatic rings. The molecule has 1 amide bonds. The topological polar surface area (TPSA) is 57.3 Å². The molecule has 5 heteroatoms. The van der Waals surface area contributed by atoms with E-state index in [0.29, 0.717) is 12.1 Å². The summed E-state index contributed by atoms with van der Waals surface area (Å²) in [5.74, 6) is -0.0644. The van der Waals surface area contributed by atoms with Crippen LogP contribution in [0, 0.1) is 0 Å². The first-order chi connectivity index (χ1) is 9.15. The van der Waals surface area contributed by atoms with Crippen LogP contribution in [0.5, 0.6) is 0 Å². The van der Waals surface area contributed by atoms with Crippen molar-refractivity contribution in [3.05, 3.63) is 24.0 Å².